The second-order valence-electron chi connectivity index (χ2n) is 6.96. The van der Waals surface area contributed by atoms with E-state index in [4.69, 9.17) is 9.84 Å². The number of aromatic nitrogens is 1. The van der Waals surface area contributed by atoms with Crippen LogP contribution in [0.1, 0.15) is 5.56 Å². The molecule has 0 radical (unpaired) electrons. The average molecular weight is 398 g/mol. The lowest BCUT2D eigenvalue weighted by molar-refractivity contribution is -0.138. The minimum Gasteiger partial charge on any atom is -0.480 e. The number of benzene rings is 2. The van der Waals surface area contributed by atoms with E-state index in [-0.39, 0.29) is 6.54 Å². The van der Waals surface area contributed by atoms with E-state index < -0.39 is 5.97 Å². The van der Waals surface area contributed by atoms with Gasteiger partial charge in [-0.3, -0.25) is 9.69 Å². The number of carbonyl (C=O) groups is 1. The molecule has 0 atom stereocenters. The molecule has 0 unspecified atom stereocenters. The number of hydrogen-bond acceptors (Lipinski definition) is 6. The van der Waals surface area contributed by atoms with Gasteiger partial charge >= 0.3 is 5.97 Å². The van der Waals surface area contributed by atoms with Gasteiger partial charge in [0.2, 0.25) is 0 Å². The number of nitrogens with zero attached hydrogens (tertiary/aromatic N) is 3. The van der Waals surface area contributed by atoms with Gasteiger partial charge in [0.05, 0.1) is 16.8 Å². The Morgan fingerprint density at radius 3 is 2.46 bits per heavy atom. The molecule has 2 heterocycles. The van der Waals surface area contributed by atoms with E-state index in [1.165, 1.54) is 5.56 Å². The van der Waals surface area contributed by atoms with E-state index in [1.807, 2.05) is 41.3 Å². The van der Waals surface area contributed by atoms with E-state index in [9.17, 15) is 4.79 Å². The second kappa shape index (κ2) is 8.68. The van der Waals surface area contributed by atoms with Crippen molar-refractivity contribution < 1.29 is 14.6 Å². The third-order valence-corrected chi connectivity index (χ3v) is 5.86. The summed E-state index contributed by atoms with van der Waals surface area (Å²) in [4.78, 5) is 19.7. The summed E-state index contributed by atoms with van der Waals surface area (Å²) in [6.07, 6.45) is 0.973. The van der Waals surface area contributed by atoms with Gasteiger partial charge in [-0.05, 0) is 36.2 Å². The molecule has 146 valence electrons. The Labute approximate surface area is 168 Å². The second-order valence-corrected chi connectivity index (χ2v) is 7.95. The molecule has 3 aromatic rings. The minimum absolute atomic E-state index is 0.143. The van der Waals surface area contributed by atoms with Crippen molar-refractivity contribution in [3.8, 4) is 10.9 Å². The number of carboxylic acids is 1. The highest BCUT2D eigenvalue weighted by Crippen LogP contribution is 2.31. The van der Waals surface area contributed by atoms with Crippen LogP contribution < -0.4 is 4.74 Å². The lowest BCUT2D eigenvalue weighted by Gasteiger charge is -2.33. The van der Waals surface area contributed by atoms with Crippen LogP contribution in [0.15, 0.2) is 48.5 Å². The van der Waals surface area contributed by atoms with Crippen LogP contribution in [0.4, 0.5) is 0 Å². The maximum atomic E-state index is 10.8. The van der Waals surface area contributed by atoms with Gasteiger partial charge in [0, 0.05) is 32.7 Å². The van der Waals surface area contributed by atoms with E-state index in [1.54, 1.807) is 11.3 Å². The Morgan fingerprint density at radius 2 is 1.75 bits per heavy atom. The van der Waals surface area contributed by atoms with E-state index in [0.717, 1.165) is 55.1 Å². The molecule has 7 heteroatoms. The zero-order chi connectivity index (χ0) is 19.3. The number of piperazine rings is 1. The Hall–Kier alpha value is -2.48. The first-order valence-corrected chi connectivity index (χ1v) is 10.3. The summed E-state index contributed by atoms with van der Waals surface area (Å²) in [6.45, 7) is 4.61. The molecule has 1 aromatic heterocycles. The van der Waals surface area contributed by atoms with Gasteiger partial charge in [-0.15, -0.1) is 0 Å². The molecule has 0 saturated carbocycles. The number of ether oxygens (including phenoxy) is 1. The SMILES string of the molecule is O=C(O)CN1CCN(CCc2ccc(Oc3nc4ccccc4s3)cc2)CC1. The molecule has 1 fully saturated rings. The van der Waals surface area contributed by atoms with E-state index in [0.29, 0.717) is 5.19 Å². The van der Waals surface area contributed by atoms with Crippen LogP contribution in [0.25, 0.3) is 10.2 Å². The Morgan fingerprint density at radius 1 is 1.04 bits per heavy atom. The Kier molecular flexibility index (Phi) is 5.85. The normalized spacial score (nSPS) is 15.7. The van der Waals surface area contributed by atoms with Crippen molar-refractivity contribution in [3.05, 3.63) is 54.1 Å². The van der Waals surface area contributed by atoms with Gasteiger partial charge in [-0.25, -0.2) is 4.98 Å². The molecule has 4 rings (SSSR count). The fourth-order valence-electron chi connectivity index (χ4n) is 3.37. The summed E-state index contributed by atoms with van der Waals surface area (Å²) in [5.41, 5.74) is 2.23. The molecule has 2 aromatic carbocycles. The fraction of sp³-hybridized carbons (Fsp3) is 0.333. The zero-order valence-corrected chi connectivity index (χ0v) is 16.4. The maximum absolute atomic E-state index is 10.8. The number of carboxylic acid groups (broad SMARTS) is 1. The van der Waals surface area contributed by atoms with Gasteiger partial charge in [0.15, 0.2) is 0 Å². The topological polar surface area (TPSA) is 65.9 Å². The van der Waals surface area contributed by atoms with Crippen molar-refractivity contribution in [2.45, 2.75) is 6.42 Å². The summed E-state index contributed by atoms with van der Waals surface area (Å²) >= 11 is 1.55. The Bertz CT molecular complexity index is 900. The largest absolute Gasteiger partial charge is 0.480 e. The van der Waals surface area contributed by atoms with Crippen LogP contribution in [0.3, 0.4) is 0 Å². The molecule has 0 amide bonds. The molecule has 1 saturated heterocycles. The van der Waals surface area contributed by atoms with Gasteiger partial charge < -0.3 is 14.7 Å². The first kappa shape index (κ1) is 18.9. The molecule has 28 heavy (non-hydrogen) atoms. The number of para-hydroxylation sites is 1. The lowest BCUT2D eigenvalue weighted by Crippen LogP contribution is -2.48. The molecule has 0 bridgehead atoms. The summed E-state index contributed by atoms with van der Waals surface area (Å²) in [7, 11) is 0. The summed E-state index contributed by atoms with van der Waals surface area (Å²) in [5.74, 6) is 0.0479. The molecule has 1 aliphatic rings. The predicted octanol–water partition coefficient (Wildman–Crippen LogP) is 3.33. The summed E-state index contributed by atoms with van der Waals surface area (Å²) in [5, 5.41) is 9.53. The van der Waals surface area contributed by atoms with Crippen LogP contribution in [-0.2, 0) is 11.2 Å². The molecule has 0 spiro atoms. The predicted molar refractivity (Wildman–Crippen MR) is 110 cm³/mol. The maximum Gasteiger partial charge on any atom is 0.317 e. The van der Waals surface area contributed by atoms with Crippen LogP contribution in [-0.4, -0.2) is 65.1 Å². The van der Waals surface area contributed by atoms with Crippen LogP contribution in [0.5, 0.6) is 10.9 Å². The highest BCUT2D eigenvalue weighted by Gasteiger charge is 2.18. The third kappa shape index (κ3) is 4.86. The summed E-state index contributed by atoms with van der Waals surface area (Å²) in [6, 6.07) is 16.2. The monoisotopic (exact) mass is 397 g/mol. The van der Waals surface area contributed by atoms with Crippen molar-refractivity contribution in [1.29, 1.82) is 0 Å². The molecule has 1 aliphatic heterocycles. The number of thiazole rings is 1. The number of hydrogen-bond donors (Lipinski definition) is 1. The summed E-state index contributed by atoms with van der Waals surface area (Å²) < 4.78 is 7.02. The van der Waals surface area contributed by atoms with Gasteiger partial charge in [-0.1, -0.05) is 35.6 Å². The van der Waals surface area contributed by atoms with Crippen molar-refractivity contribution in [2.24, 2.45) is 0 Å². The van der Waals surface area contributed by atoms with Crippen molar-refractivity contribution >= 4 is 27.5 Å². The quantitative estimate of drug-likeness (QED) is 0.660. The Balaban J connectivity index is 1.26. The van der Waals surface area contributed by atoms with Gasteiger partial charge in [0.25, 0.3) is 5.19 Å². The zero-order valence-electron chi connectivity index (χ0n) is 15.6. The fourth-order valence-corrected chi connectivity index (χ4v) is 4.20. The number of fused-ring (bicyclic) bond motifs is 1. The first-order valence-electron chi connectivity index (χ1n) is 9.44. The molecule has 6 nitrogen and oxygen atoms in total. The van der Waals surface area contributed by atoms with Gasteiger partial charge in [0.1, 0.15) is 5.75 Å². The molecular weight excluding hydrogens is 374 g/mol. The smallest absolute Gasteiger partial charge is 0.317 e. The van der Waals surface area contributed by atoms with Gasteiger partial charge in [-0.2, -0.15) is 0 Å². The average Bonchev–Trinajstić information content (AvgIpc) is 3.10. The molecule has 0 aliphatic carbocycles. The van der Waals surface area contributed by atoms with Crippen molar-refractivity contribution in [2.75, 3.05) is 39.3 Å². The van der Waals surface area contributed by atoms with E-state index in [2.05, 4.69) is 22.0 Å². The van der Waals surface area contributed by atoms with E-state index >= 15 is 0 Å². The van der Waals surface area contributed by atoms with Crippen LogP contribution >= 0.6 is 11.3 Å². The lowest BCUT2D eigenvalue weighted by atomic mass is 10.1. The third-order valence-electron chi connectivity index (χ3n) is 4.94. The minimum atomic E-state index is -0.749. The molecular formula is C21H23N3O3S. The first-order chi connectivity index (χ1) is 13.7. The standard InChI is InChI=1S/C21H23N3O3S/c25-20(26)15-24-13-11-23(12-14-24)10-9-16-5-7-17(8-6-16)27-21-22-18-3-1-2-4-19(18)28-21/h1-8H,9-15H2,(H,25,26). The van der Waals surface area contributed by atoms with Crippen LogP contribution in [0, 0.1) is 0 Å². The number of aliphatic carboxylic acids is 1. The molecule has 1 N–H and O–H groups in total. The van der Waals surface area contributed by atoms with Crippen LogP contribution in [0.2, 0.25) is 0 Å². The highest BCUT2D eigenvalue weighted by molar-refractivity contribution is 7.20. The number of rotatable bonds is 7. The van der Waals surface area contributed by atoms with Crippen molar-refractivity contribution in [3.63, 3.8) is 0 Å². The highest BCUT2D eigenvalue weighted by atomic mass is 32.1. The van der Waals surface area contributed by atoms with Crippen molar-refractivity contribution in [1.82, 2.24) is 14.8 Å².